The molecule has 1 atom stereocenters. The molecular formula is C9H12N2O4. The molecule has 6 heteroatoms. The highest BCUT2D eigenvalue weighted by Crippen LogP contribution is 2.24. The molecule has 2 aliphatic rings. The van der Waals surface area contributed by atoms with Crippen LogP contribution in [0.2, 0.25) is 0 Å². The first-order valence-electron chi connectivity index (χ1n) is 4.96. The Bertz CT molecular complexity index is 328. The van der Waals surface area contributed by atoms with Crippen LogP contribution >= 0.6 is 0 Å². The van der Waals surface area contributed by atoms with Crippen LogP contribution in [0.3, 0.4) is 0 Å². The molecule has 0 bridgehead atoms. The van der Waals surface area contributed by atoms with Crippen molar-refractivity contribution in [2.75, 3.05) is 6.54 Å². The standard InChI is InChI=1S/C9H12N2O4/c12-7-2-1-3-8(13)11-6(9(14)15)4-5-10(7)11/h6H,1-5H2,(H,14,15). The molecule has 2 fully saturated rings. The van der Waals surface area contributed by atoms with Crippen LogP contribution in [-0.2, 0) is 14.4 Å². The molecule has 0 spiro atoms. The van der Waals surface area contributed by atoms with Crippen molar-refractivity contribution < 1.29 is 19.5 Å². The largest absolute Gasteiger partial charge is 0.480 e. The van der Waals surface area contributed by atoms with Crippen molar-refractivity contribution in [1.29, 1.82) is 0 Å². The number of hydrogen-bond donors (Lipinski definition) is 1. The second-order valence-corrected chi connectivity index (χ2v) is 3.75. The quantitative estimate of drug-likeness (QED) is 0.641. The number of carboxylic acids is 1. The van der Waals surface area contributed by atoms with E-state index in [1.165, 1.54) is 5.01 Å². The average molecular weight is 212 g/mol. The van der Waals surface area contributed by atoms with E-state index in [9.17, 15) is 14.4 Å². The summed E-state index contributed by atoms with van der Waals surface area (Å²) in [6, 6.07) is -0.862. The van der Waals surface area contributed by atoms with E-state index in [1.807, 2.05) is 0 Å². The number of amides is 2. The maximum Gasteiger partial charge on any atom is 0.328 e. The van der Waals surface area contributed by atoms with Gasteiger partial charge in [-0.05, 0) is 6.42 Å². The molecule has 2 aliphatic heterocycles. The maximum atomic E-state index is 11.6. The van der Waals surface area contributed by atoms with Gasteiger partial charge in [0.1, 0.15) is 0 Å². The molecule has 2 heterocycles. The van der Waals surface area contributed by atoms with Gasteiger partial charge in [0.05, 0.1) is 0 Å². The van der Waals surface area contributed by atoms with Gasteiger partial charge in [-0.2, -0.15) is 0 Å². The Kier molecular flexibility index (Phi) is 2.34. The van der Waals surface area contributed by atoms with Crippen LogP contribution in [0, 0.1) is 0 Å². The van der Waals surface area contributed by atoms with Crippen LogP contribution in [0.1, 0.15) is 25.7 Å². The minimum absolute atomic E-state index is 0.149. The minimum atomic E-state index is -1.04. The van der Waals surface area contributed by atoms with E-state index in [2.05, 4.69) is 0 Å². The fourth-order valence-electron chi connectivity index (χ4n) is 2.06. The number of carbonyl (C=O) groups is 3. The van der Waals surface area contributed by atoms with E-state index in [4.69, 9.17) is 5.11 Å². The molecule has 15 heavy (non-hydrogen) atoms. The van der Waals surface area contributed by atoms with Crippen molar-refractivity contribution in [3.8, 4) is 0 Å². The molecule has 0 radical (unpaired) electrons. The lowest BCUT2D eigenvalue weighted by Gasteiger charge is -2.28. The van der Waals surface area contributed by atoms with E-state index in [-0.39, 0.29) is 18.2 Å². The normalized spacial score (nSPS) is 26.5. The van der Waals surface area contributed by atoms with Gasteiger partial charge < -0.3 is 5.11 Å². The van der Waals surface area contributed by atoms with Crippen LogP contribution in [0.25, 0.3) is 0 Å². The monoisotopic (exact) mass is 212 g/mol. The topological polar surface area (TPSA) is 77.9 Å². The number of nitrogens with zero attached hydrogens (tertiary/aromatic N) is 2. The van der Waals surface area contributed by atoms with Crippen molar-refractivity contribution in [3.05, 3.63) is 0 Å². The molecule has 1 N–H and O–H groups in total. The Morgan fingerprint density at radius 1 is 1.27 bits per heavy atom. The lowest BCUT2D eigenvalue weighted by molar-refractivity contribution is -0.165. The van der Waals surface area contributed by atoms with Gasteiger partial charge in [0, 0.05) is 25.8 Å². The summed E-state index contributed by atoms with van der Waals surface area (Å²) in [6.45, 7) is 0.335. The molecule has 0 aromatic carbocycles. The summed E-state index contributed by atoms with van der Waals surface area (Å²) in [4.78, 5) is 34.1. The first kappa shape index (κ1) is 9.95. The van der Waals surface area contributed by atoms with Gasteiger partial charge in [-0.3, -0.25) is 14.6 Å². The summed E-state index contributed by atoms with van der Waals surface area (Å²) < 4.78 is 0. The van der Waals surface area contributed by atoms with Crippen molar-refractivity contribution in [1.82, 2.24) is 10.0 Å². The SMILES string of the molecule is O=C(O)C1CCN2C(=O)CCCC(=O)N12. The fourth-order valence-corrected chi connectivity index (χ4v) is 2.06. The third-order valence-corrected chi connectivity index (χ3v) is 2.78. The second kappa shape index (κ2) is 3.52. The lowest BCUT2D eigenvalue weighted by atomic mass is 10.2. The van der Waals surface area contributed by atoms with Crippen LogP contribution in [0.15, 0.2) is 0 Å². The number of aliphatic carboxylic acids is 1. The third-order valence-electron chi connectivity index (χ3n) is 2.78. The molecule has 6 nitrogen and oxygen atoms in total. The Morgan fingerprint density at radius 3 is 2.60 bits per heavy atom. The van der Waals surface area contributed by atoms with Gasteiger partial charge in [-0.15, -0.1) is 0 Å². The van der Waals surface area contributed by atoms with Crippen LogP contribution < -0.4 is 0 Å². The molecular weight excluding hydrogens is 200 g/mol. The number of carbonyl (C=O) groups excluding carboxylic acids is 2. The number of carboxylic acid groups (broad SMARTS) is 1. The van der Waals surface area contributed by atoms with Crippen molar-refractivity contribution in [2.45, 2.75) is 31.7 Å². The van der Waals surface area contributed by atoms with E-state index in [0.29, 0.717) is 25.8 Å². The highest BCUT2D eigenvalue weighted by Gasteiger charge is 2.43. The molecule has 0 saturated carbocycles. The smallest absolute Gasteiger partial charge is 0.328 e. The summed E-state index contributed by atoms with van der Waals surface area (Å²) in [5, 5.41) is 11.3. The van der Waals surface area contributed by atoms with Gasteiger partial charge in [0.25, 0.3) is 0 Å². The molecule has 2 saturated heterocycles. The number of hydrogen-bond acceptors (Lipinski definition) is 3. The van der Waals surface area contributed by atoms with Crippen LogP contribution in [0.5, 0.6) is 0 Å². The van der Waals surface area contributed by atoms with Crippen LogP contribution in [0.4, 0.5) is 0 Å². The summed E-state index contributed by atoms with van der Waals surface area (Å²) >= 11 is 0. The predicted octanol–water partition coefficient (Wildman–Crippen LogP) is -0.401. The molecule has 0 aromatic rings. The Hall–Kier alpha value is -1.59. The summed E-state index contributed by atoms with van der Waals surface area (Å²) in [6.07, 6.45) is 1.42. The molecule has 82 valence electrons. The molecule has 0 aliphatic carbocycles. The van der Waals surface area contributed by atoms with Gasteiger partial charge in [-0.1, -0.05) is 0 Å². The van der Waals surface area contributed by atoms with E-state index in [0.717, 1.165) is 5.01 Å². The van der Waals surface area contributed by atoms with Gasteiger partial charge in [0.15, 0.2) is 6.04 Å². The zero-order valence-electron chi connectivity index (χ0n) is 8.18. The highest BCUT2D eigenvalue weighted by molar-refractivity contribution is 5.89. The zero-order valence-corrected chi connectivity index (χ0v) is 8.18. The highest BCUT2D eigenvalue weighted by atomic mass is 16.4. The van der Waals surface area contributed by atoms with Crippen molar-refractivity contribution in [3.63, 3.8) is 0 Å². The zero-order chi connectivity index (χ0) is 11.0. The number of rotatable bonds is 1. The molecule has 1 unspecified atom stereocenters. The molecule has 2 rings (SSSR count). The fraction of sp³-hybridized carbons (Fsp3) is 0.667. The first-order valence-corrected chi connectivity index (χ1v) is 4.96. The predicted molar refractivity (Wildman–Crippen MR) is 48.5 cm³/mol. The average Bonchev–Trinajstić information content (AvgIpc) is 2.56. The van der Waals surface area contributed by atoms with Crippen molar-refractivity contribution in [2.24, 2.45) is 0 Å². The van der Waals surface area contributed by atoms with E-state index >= 15 is 0 Å². The van der Waals surface area contributed by atoms with Gasteiger partial charge >= 0.3 is 5.97 Å². The Balaban J connectivity index is 2.28. The van der Waals surface area contributed by atoms with Gasteiger partial charge in [-0.25, -0.2) is 9.80 Å². The molecule has 2 amide bonds. The Morgan fingerprint density at radius 2 is 1.93 bits per heavy atom. The minimum Gasteiger partial charge on any atom is -0.480 e. The summed E-state index contributed by atoms with van der Waals surface area (Å²) in [7, 11) is 0. The Labute approximate surface area is 86.4 Å². The maximum absolute atomic E-state index is 11.6. The summed E-state index contributed by atoms with van der Waals surface area (Å²) in [5.74, 6) is -1.45. The number of hydrazine groups is 1. The number of fused-ring (bicyclic) bond motifs is 1. The first-order chi connectivity index (χ1) is 7.11. The van der Waals surface area contributed by atoms with Crippen LogP contribution in [-0.4, -0.2) is 45.5 Å². The lowest BCUT2D eigenvalue weighted by Crippen LogP contribution is -2.49. The third kappa shape index (κ3) is 1.55. The summed E-state index contributed by atoms with van der Waals surface area (Å²) in [5.41, 5.74) is 0. The van der Waals surface area contributed by atoms with E-state index < -0.39 is 12.0 Å². The molecule has 0 aromatic heterocycles. The second-order valence-electron chi connectivity index (χ2n) is 3.75. The van der Waals surface area contributed by atoms with Crippen molar-refractivity contribution >= 4 is 17.8 Å². The van der Waals surface area contributed by atoms with E-state index in [1.54, 1.807) is 0 Å². The van der Waals surface area contributed by atoms with Gasteiger partial charge in [0.2, 0.25) is 11.8 Å².